The van der Waals surface area contributed by atoms with Gasteiger partial charge >= 0.3 is 11.4 Å². The van der Waals surface area contributed by atoms with Crippen molar-refractivity contribution >= 4 is 33.8 Å². The lowest BCUT2D eigenvalue weighted by atomic mass is 10.2. The zero-order chi connectivity index (χ0) is 13.4. The van der Waals surface area contributed by atoms with E-state index in [0.717, 1.165) is 4.88 Å². The van der Waals surface area contributed by atoms with Crippen LogP contribution in [0.4, 0.5) is 0 Å². The molecule has 0 fully saturated rings. The summed E-state index contributed by atoms with van der Waals surface area (Å²) in [6.45, 7) is 0.334. The minimum Gasteiger partial charge on any atom is -0.372 e. The fourth-order valence-electron chi connectivity index (χ4n) is 1.91. The molecule has 0 atom stereocenters. The van der Waals surface area contributed by atoms with Gasteiger partial charge in [-0.2, -0.15) is 0 Å². The lowest BCUT2D eigenvalue weighted by Crippen LogP contribution is -2.25. The third-order valence-corrected chi connectivity index (χ3v) is 3.97. The summed E-state index contributed by atoms with van der Waals surface area (Å²) in [5.74, 6) is -0.659. The van der Waals surface area contributed by atoms with Crippen molar-refractivity contribution < 1.29 is 4.42 Å². The molecule has 0 saturated heterocycles. The first-order valence-corrected chi connectivity index (χ1v) is 6.71. The van der Waals surface area contributed by atoms with E-state index < -0.39 is 11.4 Å². The summed E-state index contributed by atoms with van der Waals surface area (Å²) >= 11 is 7.26. The van der Waals surface area contributed by atoms with E-state index in [1.165, 1.54) is 15.9 Å². The lowest BCUT2D eigenvalue weighted by molar-refractivity contribution is 0.425. The van der Waals surface area contributed by atoms with Gasteiger partial charge in [0, 0.05) is 4.88 Å². The quantitative estimate of drug-likeness (QED) is 0.730. The number of halogens is 1. The predicted molar refractivity (Wildman–Crippen MR) is 75.2 cm³/mol. The average molecular weight is 294 g/mol. The molecule has 19 heavy (non-hydrogen) atoms. The fraction of sp³-hybridized carbons (Fsp3) is 0.0769. The van der Waals surface area contributed by atoms with Gasteiger partial charge in [-0.05, 0) is 24.3 Å². The van der Waals surface area contributed by atoms with Gasteiger partial charge in [0.05, 0.1) is 21.8 Å². The van der Waals surface area contributed by atoms with Gasteiger partial charge in [-0.25, -0.2) is 9.59 Å². The number of hydrogen-bond donors (Lipinski definition) is 0. The topological polar surface area (TPSA) is 52.2 Å². The molecule has 2 aromatic heterocycles. The van der Waals surface area contributed by atoms with Gasteiger partial charge in [-0.15, -0.1) is 11.3 Å². The summed E-state index contributed by atoms with van der Waals surface area (Å²) < 4.78 is 6.81. The van der Waals surface area contributed by atoms with E-state index in [2.05, 4.69) is 0 Å². The minimum absolute atomic E-state index is 0.334. The maximum atomic E-state index is 11.8. The van der Waals surface area contributed by atoms with Gasteiger partial charge in [-0.3, -0.25) is 4.57 Å². The minimum atomic E-state index is -0.659. The Morgan fingerprint density at radius 2 is 1.95 bits per heavy atom. The van der Waals surface area contributed by atoms with E-state index in [9.17, 15) is 9.59 Å². The summed E-state index contributed by atoms with van der Waals surface area (Å²) in [6.07, 6.45) is 0. The first kappa shape index (κ1) is 12.2. The summed E-state index contributed by atoms with van der Waals surface area (Å²) in [4.78, 5) is 24.4. The van der Waals surface area contributed by atoms with Crippen molar-refractivity contribution in [3.05, 3.63) is 66.6 Å². The van der Waals surface area contributed by atoms with Crippen LogP contribution in [0.2, 0.25) is 4.34 Å². The van der Waals surface area contributed by atoms with Crippen LogP contribution >= 0.6 is 22.9 Å². The first-order chi connectivity index (χ1) is 9.15. The molecule has 0 radical (unpaired) electrons. The van der Waals surface area contributed by atoms with Crippen molar-refractivity contribution in [3.8, 4) is 0 Å². The number of thiophene rings is 1. The number of nitrogens with zero attached hydrogens (tertiary/aromatic N) is 1. The van der Waals surface area contributed by atoms with E-state index in [4.69, 9.17) is 16.0 Å². The Bertz CT molecular complexity index is 862. The molecule has 0 aliphatic carbocycles. The highest BCUT2D eigenvalue weighted by Gasteiger charge is 2.10. The fourth-order valence-corrected chi connectivity index (χ4v) is 2.99. The Morgan fingerprint density at radius 1 is 1.16 bits per heavy atom. The van der Waals surface area contributed by atoms with Crippen LogP contribution in [0.15, 0.2) is 50.4 Å². The number of fused-ring (bicyclic) bond motifs is 1. The highest BCUT2D eigenvalue weighted by Crippen LogP contribution is 2.22. The maximum absolute atomic E-state index is 11.8. The van der Waals surface area contributed by atoms with Crippen molar-refractivity contribution in [2.24, 2.45) is 0 Å². The SMILES string of the molecule is O=c1oc(=O)n(Cc2ccc(Cl)s2)c2ccccc12. The Morgan fingerprint density at radius 3 is 2.68 bits per heavy atom. The Kier molecular flexibility index (Phi) is 3.00. The van der Waals surface area contributed by atoms with Crippen molar-refractivity contribution in [2.75, 3.05) is 0 Å². The second-order valence-corrected chi connectivity index (χ2v) is 5.76. The van der Waals surface area contributed by atoms with E-state index in [1.54, 1.807) is 30.3 Å². The van der Waals surface area contributed by atoms with Gasteiger partial charge in [0.2, 0.25) is 0 Å². The summed E-state index contributed by atoms with van der Waals surface area (Å²) in [7, 11) is 0. The molecule has 0 aliphatic heterocycles. The number of para-hydroxylation sites is 1. The van der Waals surface area contributed by atoms with Crippen molar-refractivity contribution in [1.82, 2.24) is 4.57 Å². The molecule has 0 spiro atoms. The molecule has 1 aromatic carbocycles. The van der Waals surface area contributed by atoms with Gasteiger partial charge in [0.15, 0.2) is 0 Å². The van der Waals surface area contributed by atoms with Gasteiger partial charge < -0.3 is 4.42 Å². The zero-order valence-electron chi connectivity index (χ0n) is 9.63. The zero-order valence-corrected chi connectivity index (χ0v) is 11.2. The molecule has 4 nitrogen and oxygen atoms in total. The Labute approximate surface area is 116 Å². The van der Waals surface area contributed by atoms with Crippen molar-refractivity contribution in [1.29, 1.82) is 0 Å². The normalized spacial score (nSPS) is 11.0. The van der Waals surface area contributed by atoms with Crippen LogP contribution in [0.5, 0.6) is 0 Å². The molecule has 0 unspecified atom stereocenters. The first-order valence-electron chi connectivity index (χ1n) is 5.52. The molecule has 0 amide bonds. The highest BCUT2D eigenvalue weighted by molar-refractivity contribution is 7.16. The Balaban J connectivity index is 2.23. The maximum Gasteiger partial charge on any atom is 0.422 e. The Hall–Kier alpha value is -1.85. The molecule has 0 N–H and O–H groups in total. The third kappa shape index (κ3) is 2.22. The molecule has 0 aliphatic rings. The molecule has 3 aromatic rings. The molecule has 3 rings (SSSR count). The highest BCUT2D eigenvalue weighted by atomic mass is 35.5. The summed E-state index contributed by atoms with van der Waals surface area (Å²) in [5.41, 5.74) is -0.0469. The summed E-state index contributed by atoms with van der Waals surface area (Å²) in [6, 6.07) is 10.5. The third-order valence-electron chi connectivity index (χ3n) is 2.76. The smallest absolute Gasteiger partial charge is 0.372 e. The lowest BCUT2D eigenvalue weighted by Gasteiger charge is -2.06. The molecule has 96 valence electrons. The van der Waals surface area contributed by atoms with E-state index in [0.29, 0.717) is 21.8 Å². The second kappa shape index (κ2) is 4.68. The molecule has 0 saturated carbocycles. The van der Waals surface area contributed by atoms with Crippen LogP contribution in [0.1, 0.15) is 4.88 Å². The predicted octanol–water partition coefficient (Wildman–Crippen LogP) is 2.72. The summed E-state index contributed by atoms with van der Waals surface area (Å²) in [5, 5.41) is 0.393. The number of hydrogen-bond acceptors (Lipinski definition) is 4. The molecular weight excluding hydrogens is 286 g/mol. The molecule has 2 heterocycles. The van der Waals surface area contributed by atoms with Crippen LogP contribution in [0.25, 0.3) is 10.9 Å². The van der Waals surface area contributed by atoms with E-state index >= 15 is 0 Å². The number of aromatic nitrogens is 1. The molecule has 6 heteroatoms. The molecular formula is C13H8ClNO3S. The van der Waals surface area contributed by atoms with Crippen LogP contribution in [-0.2, 0) is 6.54 Å². The number of rotatable bonds is 2. The van der Waals surface area contributed by atoms with Crippen LogP contribution < -0.4 is 11.4 Å². The van der Waals surface area contributed by atoms with Crippen molar-refractivity contribution in [2.45, 2.75) is 6.54 Å². The monoisotopic (exact) mass is 293 g/mol. The molecule has 0 bridgehead atoms. The van der Waals surface area contributed by atoms with Gasteiger partial charge in [0.25, 0.3) is 0 Å². The van der Waals surface area contributed by atoms with E-state index in [1.807, 2.05) is 6.07 Å². The van der Waals surface area contributed by atoms with E-state index in [-0.39, 0.29) is 0 Å². The standard InChI is InChI=1S/C13H8ClNO3S/c14-11-6-5-8(19-11)7-15-10-4-2-1-3-9(10)12(16)18-13(15)17/h1-6H,7H2. The van der Waals surface area contributed by atoms with Crippen LogP contribution in [-0.4, -0.2) is 4.57 Å². The number of benzene rings is 1. The van der Waals surface area contributed by atoms with Crippen molar-refractivity contribution in [3.63, 3.8) is 0 Å². The second-order valence-electron chi connectivity index (χ2n) is 3.96. The van der Waals surface area contributed by atoms with Crippen LogP contribution in [0, 0.1) is 0 Å². The largest absolute Gasteiger partial charge is 0.422 e. The van der Waals surface area contributed by atoms with Crippen LogP contribution in [0.3, 0.4) is 0 Å². The average Bonchev–Trinajstić information content (AvgIpc) is 2.80. The van der Waals surface area contributed by atoms with Gasteiger partial charge in [-0.1, -0.05) is 23.7 Å². The van der Waals surface area contributed by atoms with Gasteiger partial charge in [0.1, 0.15) is 0 Å².